The number of hydrogen-bond donors (Lipinski definition) is 6. The minimum Gasteiger partial charge on any atom is -0.481 e. The summed E-state index contributed by atoms with van der Waals surface area (Å²) in [5, 5.41) is 50.4. The van der Waals surface area contributed by atoms with Crippen LogP contribution in [0.25, 0.3) is 0 Å². The van der Waals surface area contributed by atoms with Crippen LogP contribution in [0.1, 0.15) is 32.6 Å². The standard InChI is InChI=1S/C6H8O7.C6H10O4/c7-3(8)1-6(13,5(11)12)2-4(9)10;1-2-4(6(9)10)3-5(7)8/h13H,1-2H2,(H,7,8)(H,9,10)(H,11,12);4H,2-3H2,1H3,(H,7,8)(H,9,10). The Kier molecular flexibility index (Phi) is 9.93. The maximum absolute atomic E-state index is 10.3. The average molecular weight is 338 g/mol. The highest BCUT2D eigenvalue weighted by atomic mass is 16.4. The number of hydrogen-bond acceptors (Lipinski definition) is 6. The Bertz CT molecular complexity index is 452. The zero-order valence-electron chi connectivity index (χ0n) is 12.1. The lowest BCUT2D eigenvalue weighted by atomic mass is 9.96. The van der Waals surface area contributed by atoms with Crippen molar-refractivity contribution in [3.63, 3.8) is 0 Å². The first-order chi connectivity index (χ1) is 10.4. The molecule has 0 aromatic rings. The van der Waals surface area contributed by atoms with Crippen molar-refractivity contribution in [3.8, 4) is 0 Å². The molecule has 0 rings (SSSR count). The van der Waals surface area contributed by atoms with E-state index in [0.717, 1.165) is 0 Å². The van der Waals surface area contributed by atoms with Gasteiger partial charge >= 0.3 is 29.8 Å². The van der Waals surface area contributed by atoms with Gasteiger partial charge in [0.05, 0.1) is 25.2 Å². The van der Waals surface area contributed by atoms with Crippen molar-refractivity contribution in [3.05, 3.63) is 0 Å². The first-order valence-electron chi connectivity index (χ1n) is 6.19. The molecule has 0 aliphatic heterocycles. The maximum atomic E-state index is 10.3. The fourth-order valence-corrected chi connectivity index (χ4v) is 1.33. The van der Waals surface area contributed by atoms with Gasteiger partial charge in [-0.25, -0.2) is 4.79 Å². The van der Waals surface area contributed by atoms with E-state index in [-0.39, 0.29) is 6.42 Å². The number of carboxylic acid groups (broad SMARTS) is 5. The summed E-state index contributed by atoms with van der Waals surface area (Å²) in [4.78, 5) is 50.7. The van der Waals surface area contributed by atoms with Crippen LogP contribution < -0.4 is 0 Å². The van der Waals surface area contributed by atoms with Gasteiger partial charge in [0, 0.05) is 0 Å². The van der Waals surface area contributed by atoms with Crippen LogP contribution in [0.5, 0.6) is 0 Å². The third kappa shape index (κ3) is 10.6. The molecule has 11 nitrogen and oxygen atoms in total. The van der Waals surface area contributed by atoms with Crippen LogP contribution in [0, 0.1) is 5.92 Å². The van der Waals surface area contributed by atoms with E-state index in [9.17, 15) is 24.0 Å². The molecule has 0 saturated carbocycles. The van der Waals surface area contributed by atoms with Crippen LogP contribution in [0.3, 0.4) is 0 Å². The summed E-state index contributed by atoms with van der Waals surface area (Å²) >= 11 is 0. The van der Waals surface area contributed by atoms with Gasteiger partial charge in [-0.1, -0.05) is 6.92 Å². The van der Waals surface area contributed by atoms with Crippen molar-refractivity contribution < 1.29 is 54.6 Å². The Morgan fingerprint density at radius 1 is 0.826 bits per heavy atom. The molecule has 1 unspecified atom stereocenters. The molecular weight excluding hydrogens is 320 g/mol. The molecule has 0 aliphatic carbocycles. The van der Waals surface area contributed by atoms with E-state index >= 15 is 0 Å². The first kappa shape index (κ1) is 22.6. The summed E-state index contributed by atoms with van der Waals surface area (Å²) in [5.74, 6) is -7.86. The Morgan fingerprint density at radius 2 is 1.22 bits per heavy atom. The average Bonchev–Trinajstić information content (AvgIpc) is 2.33. The van der Waals surface area contributed by atoms with E-state index in [0.29, 0.717) is 6.42 Å². The fourth-order valence-electron chi connectivity index (χ4n) is 1.33. The van der Waals surface area contributed by atoms with E-state index in [1.165, 1.54) is 0 Å². The SMILES string of the molecule is CCC(CC(=O)O)C(=O)O.O=C(O)CC(O)(CC(=O)O)C(=O)O. The highest BCUT2D eigenvalue weighted by Crippen LogP contribution is 2.15. The lowest BCUT2D eigenvalue weighted by Gasteiger charge is -2.18. The third-order valence-corrected chi connectivity index (χ3v) is 2.55. The lowest BCUT2D eigenvalue weighted by Crippen LogP contribution is -2.42. The molecule has 0 heterocycles. The van der Waals surface area contributed by atoms with Gasteiger partial charge < -0.3 is 30.6 Å². The molecule has 11 heteroatoms. The third-order valence-electron chi connectivity index (χ3n) is 2.55. The predicted octanol–water partition coefficient (Wildman–Crippen LogP) is -0.677. The molecular formula is C12H18O11. The first-order valence-corrected chi connectivity index (χ1v) is 6.19. The molecule has 0 aromatic heterocycles. The summed E-state index contributed by atoms with van der Waals surface area (Å²) in [5.41, 5.74) is -2.74. The molecule has 0 radical (unpaired) electrons. The van der Waals surface area contributed by atoms with Gasteiger partial charge in [-0.3, -0.25) is 19.2 Å². The molecule has 132 valence electrons. The van der Waals surface area contributed by atoms with Gasteiger partial charge in [0.25, 0.3) is 0 Å². The van der Waals surface area contributed by atoms with Crippen molar-refractivity contribution >= 4 is 29.8 Å². The van der Waals surface area contributed by atoms with E-state index < -0.39 is 54.2 Å². The van der Waals surface area contributed by atoms with Crippen LogP contribution in [0.15, 0.2) is 0 Å². The van der Waals surface area contributed by atoms with Crippen molar-refractivity contribution in [2.45, 2.75) is 38.2 Å². The van der Waals surface area contributed by atoms with Crippen molar-refractivity contribution in [1.29, 1.82) is 0 Å². The minimum absolute atomic E-state index is 0.286. The predicted molar refractivity (Wildman–Crippen MR) is 70.8 cm³/mol. The van der Waals surface area contributed by atoms with Crippen molar-refractivity contribution in [1.82, 2.24) is 0 Å². The highest BCUT2D eigenvalue weighted by molar-refractivity contribution is 5.88. The highest BCUT2D eigenvalue weighted by Gasteiger charge is 2.40. The second-order valence-electron chi connectivity index (χ2n) is 4.52. The molecule has 6 N–H and O–H groups in total. The molecule has 23 heavy (non-hydrogen) atoms. The second-order valence-corrected chi connectivity index (χ2v) is 4.52. The monoisotopic (exact) mass is 338 g/mol. The largest absolute Gasteiger partial charge is 0.481 e. The summed E-state index contributed by atoms with van der Waals surface area (Å²) in [6, 6.07) is 0. The van der Waals surface area contributed by atoms with Crippen LogP contribution >= 0.6 is 0 Å². The Labute approximate surface area is 129 Å². The van der Waals surface area contributed by atoms with Crippen LogP contribution in [-0.2, 0) is 24.0 Å². The maximum Gasteiger partial charge on any atom is 0.336 e. The zero-order chi connectivity index (χ0) is 18.8. The van der Waals surface area contributed by atoms with Gasteiger partial charge in [0.2, 0.25) is 0 Å². The van der Waals surface area contributed by atoms with Gasteiger partial charge in [-0.15, -0.1) is 0 Å². The molecule has 1 atom stereocenters. The zero-order valence-corrected chi connectivity index (χ0v) is 12.1. The van der Waals surface area contributed by atoms with Crippen LogP contribution in [0.2, 0.25) is 0 Å². The normalized spacial score (nSPS) is 11.6. The van der Waals surface area contributed by atoms with Gasteiger partial charge in [-0.05, 0) is 6.42 Å². The summed E-state index contributed by atoms with van der Waals surface area (Å²) in [6.45, 7) is 1.65. The molecule has 0 amide bonds. The van der Waals surface area contributed by atoms with Gasteiger partial charge in [0.15, 0.2) is 5.60 Å². The molecule has 0 aliphatic rings. The second kappa shape index (κ2) is 10.1. The number of rotatable bonds is 9. The number of aliphatic hydroxyl groups is 1. The van der Waals surface area contributed by atoms with Gasteiger partial charge in [-0.2, -0.15) is 0 Å². The molecule has 0 aromatic carbocycles. The number of carboxylic acids is 5. The van der Waals surface area contributed by atoms with E-state index in [1.807, 2.05) is 0 Å². The number of carbonyl (C=O) groups is 5. The molecule has 0 spiro atoms. The fraction of sp³-hybridized carbons (Fsp3) is 0.583. The van der Waals surface area contributed by atoms with Crippen molar-refractivity contribution in [2.75, 3.05) is 0 Å². The van der Waals surface area contributed by atoms with Gasteiger partial charge in [0.1, 0.15) is 0 Å². The summed E-state index contributed by atoms with van der Waals surface area (Å²) < 4.78 is 0. The number of aliphatic carboxylic acids is 5. The molecule has 0 fully saturated rings. The quantitative estimate of drug-likeness (QED) is 0.310. The molecule has 0 bridgehead atoms. The van der Waals surface area contributed by atoms with E-state index in [1.54, 1.807) is 6.92 Å². The van der Waals surface area contributed by atoms with Crippen molar-refractivity contribution in [2.24, 2.45) is 5.92 Å². The molecule has 0 saturated heterocycles. The minimum atomic E-state index is -2.74. The van der Waals surface area contributed by atoms with E-state index in [4.69, 9.17) is 30.6 Å². The Morgan fingerprint density at radius 3 is 1.35 bits per heavy atom. The lowest BCUT2D eigenvalue weighted by molar-refractivity contribution is -0.170. The topological polar surface area (TPSA) is 207 Å². The van der Waals surface area contributed by atoms with Crippen LogP contribution in [0.4, 0.5) is 0 Å². The smallest absolute Gasteiger partial charge is 0.336 e. The summed E-state index contributed by atoms with van der Waals surface area (Å²) in [6.07, 6.45) is -2.21. The van der Waals surface area contributed by atoms with Crippen LogP contribution in [-0.4, -0.2) is 66.1 Å². The van der Waals surface area contributed by atoms with E-state index in [2.05, 4.69) is 0 Å². The Balaban J connectivity index is 0. The Hall–Kier alpha value is -2.69. The summed E-state index contributed by atoms with van der Waals surface area (Å²) in [7, 11) is 0.